The number of halogens is 1. The Morgan fingerprint density at radius 1 is 1.44 bits per heavy atom. The molecule has 0 bridgehead atoms. The van der Waals surface area contributed by atoms with Crippen LogP contribution in [0.1, 0.15) is 15.9 Å². The van der Waals surface area contributed by atoms with Gasteiger partial charge in [-0.1, -0.05) is 20.8 Å². The van der Waals surface area contributed by atoms with Crippen LogP contribution in [0.2, 0.25) is 0 Å². The van der Waals surface area contributed by atoms with Crippen molar-refractivity contribution in [3.63, 3.8) is 0 Å². The number of nitrogens with one attached hydrogen (secondary N) is 1. The highest BCUT2D eigenvalue weighted by Crippen LogP contribution is 2.24. The Labute approximate surface area is 100 Å². The highest BCUT2D eigenvalue weighted by atomic mass is 79.9. The van der Waals surface area contributed by atoms with Crippen LogP contribution in [-0.4, -0.2) is 24.7 Å². The lowest BCUT2D eigenvalue weighted by Gasteiger charge is -2.07. The summed E-state index contributed by atoms with van der Waals surface area (Å²) in [6.07, 6.45) is 0. The highest BCUT2D eigenvalue weighted by molar-refractivity contribution is 9.10. The van der Waals surface area contributed by atoms with Crippen molar-refractivity contribution in [1.29, 1.82) is 0 Å². The Bertz CT molecular complexity index is 540. The average Bonchev–Trinajstić information content (AvgIpc) is 2.21. The van der Waals surface area contributed by atoms with E-state index in [4.69, 9.17) is 10.3 Å². The van der Waals surface area contributed by atoms with E-state index in [0.29, 0.717) is 10.0 Å². The number of hydrogen-bond acceptors (Lipinski definition) is 4. The molecule has 88 valence electrons. The first-order valence-electron chi connectivity index (χ1n) is 3.99. The molecular weight excluding hydrogens is 302 g/mol. The van der Waals surface area contributed by atoms with E-state index >= 15 is 0 Å². The first kappa shape index (κ1) is 13.1. The van der Waals surface area contributed by atoms with Crippen LogP contribution < -0.4 is 4.89 Å². The second-order valence-corrected chi connectivity index (χ2v) is 5.49. The summed E-state index contributed by atoms with van der Waals surface area (Å²) in [6.45, 7) is 1.54. The second kappa shape index (κ2) is 4.50. The van der Waals surface area contributed by atoms with Crippen LogP contribution in [0, 0.1) is 6.92 Å². The smallest absolute Gasteiger partial charge is 0.336 e. The van der Waals surface area contributed by atoms with Gasteiger partial charge in [-0.3, -0.25) is 0 Å². The van der Waals surface area contributed by atoms with E-state index in [9.17, 15) is 13.2 Å². The molecule has 1 aromatic carbocycles. The molecule has 0 atom stereocenters. The summed E-state index contributed by atoms with van der Waals surface area (Å²) >= 11 is 3.05. The van der Waals surface area contributed by atoms with Crippen molar-refractivity contribution in [2.45, 2.75) is 11.8 Å². The molecule has 1 rings (SSSR count). The van der Waals surface area contributed by atoms with Gasteiger partial charge in [0.1, 0.15) is 0 Å². The molecule has 0 aliphatic carbocycles. The molecule has 16 heavy (non-hydrogen) atoms. The number of carboxylic acid groups (broad SMARTS) is 1. The summed E-state index contributed by atoms with van der Waals surface area (Å²) in [5.41, 5.74) is 0.257. The molecule has 3 N–H and O–H groups in total. The SMILES string of the molecule is Cc1c(Br)cc(S(=O)(=O)NO)cc1C(=O)O. The Morgan fingerprint density at radius 3 is 2.44 bits per heavy atom. The van der Waals surface area contributed by atoms with E-state index < -0.39 is 16.0 Å². The van der Waals surface area contributed by atoms with Gasteiger partial charge in [0.25, 0.3) is 10.0 Å². The molecular formula is C8H8BrNO5S. The summed E-state index contributed by atoms with van der Waals surface area (Å²) in [7, 11) is -4.08. The van der Waals surface area contributed by atoms with Crippen LogP contribution in [0.5, 0.6) is 0 Å². The molecule has 0 aliphatic heterocycles. The van der Waals surface area contributed by atoms with Crippen molar-refractivity contribution in [3.8, 4) is 0 Å². The third-order valence-electron chi connectivity index (χ3n) is 1.98. The van der Waals surface area contributed by atoms with E-state index in [1.54, 1.807) is 0 Å². The van der Waals surface area contributed by atoms with Gasteiger partial charge in [0.15, 0.2) is 0 Å². The first-order chi connectivity index (χ1) is 7.29. The van der Waals surface area contributed by atoms with Gasteiger partial charge >= 0.3 is 5.97 Å². The van der Waals surface area contributed by atoms with E-state index in [1.165, 1.54) is 13.0 Å². The number of hydrogen-bond donors (Lipinski definition) is 3. The normalized spacial score (nSPS) is 11.4. The van der Waals surface area contributed by atoms with Crippen LogP contribution in [0.25, 0.3) is 0 Å². The fourth-order valence-corrected chi connectivity index (χ4v) is 2.35. The van der Waals surface area contributed by atoms with Crippen LogP contribution >= 0.6 is 15.9 Å². The van der Waals surface area contributed by atoms with E-state index in [0.717, 1.165) is 11.0 Å². The predicted molar refractivity (Wildman–Crippen MR) is 57.9 cm³/mol. The van der Waals surface area contributed by atoms with Gasteiger partial charge in [-0.05, 0) is 24.6 Å². The van der Waals surface area contributed by atoms with Gasteiger partial charge in [0, 0.05) is 4.47 Å². The van der Waals surface area contributed by atoms with Crippen LogP contribution in [-0.2, 0) is 10.0 Å². The summed E-state index contributed by atoms with van der Waals surface area (Å²) in [5.74, 6) is -1.24. The molecule has 0 aromatic heterocycles. The minimum absolute atomic E-state index is 0.150. The summed E-state index contributed by atoms with van der Waals surface area (Å²) < 4.78 is 22.9. The number of aromatic carboxylic acids is 1. The number of benzene rings is 1. The second-order valence-electron chi connectivity index (χ2n) is 2.98. The molecule has 0 heterocycles. The third kappa shape index (κ3) is 2.40. The zero-order chi connectivity index (χ0) is 12.5. The lowest BCUT2D eigenvalue weighted by molar-refractivity contribution is 0.0695. The molecule has 0 fully saturated rings. The quantitative estimate of drug-likeness (QED) is 0.726. The molecule has 0 saturated heterocycles. The molecule has 0 radical (unpaired) electrons. The summed E-state index contributed by atoms with van der Waals surface area (Å²) in [4.78, 5) is 11.6. The largest absolute Gasteiger partial charge is 0.478 e. The van der Waals surface area contributed by atoms with Crippen molar-refractivity contribution < 1.29 is 23.5 Å². The van der Waals surface area contributed by atoms with Crippen LogP contribution in [0.4, 0.5) is 0 Å². The van der Waals surface area contributed by atoms with Gasteiger partial charge < -0.3 is 10.3 Å². The van der Waals surface area contributed by atoms with Crippen molar-refractivity contribution in [1.82, 2.24) is 4.89 Å². The maximum absolute atomic E-state index is 11.3. The van der Waals surface area contributed by atoms with E-state index in [1.807, 2.05) is 0 Å². The van der Waals surface area contributed by atoms with Crippen molar-refractivity contribution in [2.75, 3.05) is 0 Å². The molecule has 0 spiro atoms. The molecule has 8 heteroatoms. The molecule has 0 aliphatic rings. The number of carbonyl (C=O) groups is 1. The van der Waals surface area contributed by atoms with Crippen molar-refractivity contribution >= 4 is 31.9 Å². The van der Waals surface area contributed by atoms with Crippen LogP contribution in [0.3, 0.4) is 0 Å². The van der Waals surface area contributed by atoms with E-state index in [2.05, 4.69) is 15.9 Å². The monoisotopic (exact) mass is 309 g/mol. The van der Waals surface area contributed by atoms with Crippen LogP contribution in [0.15, 0.2) is 21.5 Å². The van der Waals surface area contributed by atoms with Gasteiger partial charge in [-0.15, -0.1) is 0 Å². The first-order valence-corrected chi connectivity index (χ1v) is 6.26. The Balaban J connectivity index is 3.53. The number of rotatable bonds is 3. The standard InChI is InChI=1S/C8H8BrNO5S/c1-4-6(8(11)12)2-5(3-7(4)9)16(14,15)10-13/h2-3,10,13H,1H3,(H,11,12). The Hall–Kier alpha value is -0.960. The molecule has 0 saturated carbocycles. The summed E-state index contributed by atoms with van der Waals surface area (Å²) in [5, 5.41) is 17.3. The minimum atomic E-state index is -4.08. The fourth-order valence-electron chi connectivity index (χ4n) is 1.08. The third-order valence-corrected chi connectivity index (χ3v) is 3.90. The van der Waals surface area contributed by atoms with Gasteiger partial charge in [-0.2, -0.15) is 0 Å². The molecule has 0 unspecified atom stereocenters. The number of carboxylic acids is 1. The molecule has 1 aromatic rings. The van der Waals surface area contributed by atoms with Crippen molar-refractivity contribution in [3.05, 3.63) is 27.7 Å². The van der Waals surface area contributed by atoms with Crippen molar-refractivity contribution in [2.24, 2.45) is 0 Å². The lowest BCUT2D eigenvalue weighted by atomic mass is 10.1. The zero-order valence-electron chi connectivity index (χ0n) is 8.06. The van der Waals surface area contributed by atoms with Gasteiger partial charge in [-0.25, -0.2) is 13.2 Å². The average molecular weight is 310 g/mol. The van der Waals surface area contributed by atoms with E-state index in [-0.39, 0.29) is 10.5 Å². The molecule has 6 nitrogen and oxygen atoms in total. The Morgan fingerprint density at radius 2 is 2.00 bits per heavy atom. The molecule has 0 amide bonds. The number of sulfonamides is 1. The zero-order valence-corrected chi connectivity index (χ0v) is 10.5. The Kier molecular flexibility index (Phi) is 3.68. The topological polar surface area (TPSA) is 104 Å². The predicted octanol–water partition coefficient (Wildman–Crippen LogP) is 1.12. The summed E-state index contributed by atoms with van der Waals surface area (Å²) in [6, 6.07) is 2.18. The highest BCUT2D eigenvalue weighted by Gasteiger charge is 2.19. The maximum Gasteiger partial charge on any atom is 0.336 e. The van der Waals surface area contributed by atoms with Gasteiger partial charge in [0.2, 0.25) is 0 Å². The van der Waals surface area contributed by atoms with Gasteiger partial charge in [0.05, 0.1) is 10.5 Å². The maximum atomic E-state index is 11.3. The fraction of sp³-hybridized carbons (Fsp3) is 0.125. The lowest BCUT2D eigenvalue weighted by Crippen LogP contribution is -2.20. The minimum Gasteiger partial charge on any atom is -0.478 e.